The number of hydrogen-bond donors (Lipinski definition) is 1. The molecule has 20 heavy (non-hydrogen) atoms. The van der Waals surface area contributed by atoms with Crippen LogP contribution < -0.4 is 10.1 Å². The number of benzene rings is 1. The summed E-state index contributed by atoms with van der Waals surface area (Å²) in [6.07, 6.45) is 0.624. The Bertz CT molecular complexity index is 517. The van der Waals surface area contributed by atoms with Crippen LogP contribution >= 0.6 is 0 Å². The summed E-state index contributed by atoms with van der Waals surface area (Å²) in [5.74, 6) is 0.899. The molecule has 0 heterocycles. The van der Waals surface area contributed by atoms with Gasteiger partial charge in [-0.3, -0.25) is 0 Å². The Kier molecular flexibility index (Phi) is 6.45. The van der Waals surface area contributed by atoms with E-state index in [1.165, 1.54) is 4.31 Å². The van der Waals surface area contributed by atoms with E-state index in [1.54, 1.807) is 21.2 Å². The number of sulfonamides is 1. The van der Waals surface area contributed by atoms with Crippen molar-refractivity contribution in [1.82, 2.24) is 9.62 Å². The summed E-state index contributed by atoms with van der Waals surface area (Å²) in [5.41, 5.74) is 1.01. The van der Waals surface area contributed by atoms with E-state index in [1.807, 2.05) is 31.2 Å². The molecule has 0 saturated heterocycles. The summed E-state index contributed by atoms with van der Waals surface area (Å²) >= 11 is 0. The molecule has 0 aromatic heterocycles. The Labute approximate surface area is 122 Å². The average Bonchev–Trinajstić information content (AvgIpc) is 2.44. The van der Waals surface area contributed by atoms with Crippen LogP contribution in [0.15, 0.2) is 24.3 Å². The average molecular weight is 300 g/mol. The lowest BCUT2D eigenvalue weighted by atomic mass is 10.1. The number of para-hydroxylation sites is 1. The summed E-state index contributed by atoms with van der Waals surface area (Å²) in [6.45, 7) is 2.36. The van der Waals surface area contributed by atoms with Crippen LogP contribution in [-0.4, -0.2) is 52.3 Å². The van der Waals surface area contributed by atoms with Crippen LogP contribution in [0.3, 0.4) is 0 Å². The van der Waals surface area contributed by atoms with Crippen LogP contribution in [0.5, 0.6) is 5.75 Å². The van der Waals surface area contributed by atoms with Gasteiger partial charge in [0.25, 0.3) is 0 Å². The molecule has 0 aliphatic rings. The molecule has 0 aliphatic carbocycles. The van der Waals surface area contributed by atoms with E-state index < -0.39 is 10.0 Å². The van der Waals surface area contributed by atoms with E-state index in [0.29, 0.717) is 13.0 Å². The van der Waals surface area contributed by atoms with Crippen LogP contribution in [0.2, 0.25) is 0 Å². The minimum Gasteiger partial charge on any atom is -0.496 e. The molecule has 0 aliphatic heterocycles. The van der Waals surface area contributed by atoms with Crippen molar-refractivity contribution >= 4 is 10.0 Å². The van der Waals surface area contributed by atoms with Gasteiger partial charge in [0, 0.05) is 19.6 Å². The Morgan fingerprint density at radius 2 is 2.00 bits per heavy atom. The second-order valence-electron chi connectivity index (χ2n) is 4.80. The topological polar surface area (TPSA) is 58.6 Å². The van der Waals surface area contributed by atoms with Crippen LogP contribution in [0, 0.1) is 0 Å². The molecule has 1 N–H and O–H groups in total. The minimum atomic E-state index is -3.23. The lowest BCUT2D eigenvalue weighted by molar-refractivity contribution is 0.373. The molecule has 1 atom stereocenters. The zero-order valence-corrected chi connectivity index (χ0v) is 13.4. The largest absolute Gasteiger partial charge is 0.496 e. The van der Waals surface area contributed by atoms with E-state index in [9.17, 15) is 8.42 Å². The predicted octanol–water partition coefficient (Wildman–Crippen LogP) is 1.11. The normalized spacial score (nSPS) is 13.4. The van der Waals surface area contributed by atoms with E-state index in [2.05, 4.69) is 5.32 Å². The molecule has 1 aromatic carbocycles. The maximum Gasteiger partial charge on any atom is 0.215 e. The van der Waals surface area contributed by atoms with Gasteiger partial charge >= 0.3 is 0 Å². The molecule has 0 amide bonds. The second-order valence-corrected chi connectivity index (χ2v) is 6.95. The maximum atomic E-state index is 12.1. The minimum absolute atomic E-state index is 0.107. The van der Waals surface area contributed by atoms with Crippen LogP contribution in [-0.2, 0) is 16.4 Å². The number of rotatable bonds is 8. The number of nitrogens with zero attached hydrogens (tertiary/aromatic N) is 1. The first kappa shape index (κ1) is 16.9. The standard InChI is InChI=1S/C14H24N2O3S/c1-12(16(3)20(17,18)10-9-15-2)11-13-7-5-6-8-14(13)19-4/h5-8,12,15H,9-11H2,1-4H3. The quantitative estimate of drug-likeness (QED) is 0.781. The molecule has 5 nitrogen and oxygen atoms in total. The number of likely N-dealkylation sites (N-methyl/N-ethyl adjacent to an activating group) is 1. The molecule has 0 saturated carbocycles. The van der Waals surface area contributed by atoms with Crippen molar-refractivity contribution in [3.8, 4) is 5.75 Å². The van der Waals surface area contributed by atoms with Gasteiger partial charge < -0.3 is 10.1 Å². The van der Waals surface area contributed by atoms with Crippen molar-refractivity contribution in [3.63, 3.8) is 0 Å². The van der Waals surface area contributed by atoms with Crippen molar-refractivity contribution in [1.29, 1.82) is 0 Å². The Balaban J connectivity index is 2.77. The molecule has 0 spiro atoms. The predicted molar refractivity (Wildman–Crippen MR) is 81.6 cm³/mol. The number of ether oxygens (including phenoxy) is 1. The molecule has 1 unspecified atom stereocenters. The van der Waals surface area contributed by atoms with Gasteiger partial charge in [0.1, 0.15) is 5.75 Å². The third-order valence-electron chi connectivity index (χ3n) is 3.38. The van der Waals surface area contributed by atoms with Crippen molar-refractivity contribution < 1.29 is 13.2 Å². The monoisotopic (exact) mass is 300 g/mol. The number of methoxy groups -OCH3 is 1. The Morgan fingerprint density at radius 3 is 2.60 bits per heavy atom. The Morgan fingerprint density at radius 1 is 1.35 bits per heavy atom. The zero-order valence-electron chi connectivity index (χ0n) is 12.6. The van der Waals surface area contributed by atoms with Gasteiger partial charge in [-0.25, -0.2) is 12.7 Å². The first-order valence-corrected chi connectivity index (χ1v) is 8.25. The molecule has 1 aromatic rings. The fraction of sp³-hybridized carbons (Fsp3) is 0.571. The van der Waals surface area contributed by atoms with E-state index in [-0.39, 0.29) is 11.8 Å². The van der Waals surface area contributed by atoms with Crippen molar-refractivity contribution in [2.24, 2.45) is 0 Å². The lowest BCUT2D eigenvalue weighted by Crippen LogP contribution is -2.39. The van der Waals surface area contributed by atoms with Gasteiger partial charge in [0.2, 0.25) is 10.0 Å². The van der Waals surface area contributed by atoms with E-state index in [4.69, 9.17) is 4.74 Å². The Hall–Kier alpha value is -1.11. The molecule has 0 bridgehead atoms. The van der Waals surface area contributed by atoms with E-state index in [0.717, 1.165) is 11.3 Å². The highest BCUT2D eigenvalue weighted by molar-refractivity contribution is 7.89. The van der Waals surface area contributed by atoms with Gasteiger partial charge in [-0.05, 0) is 32.0 Å². The molecular weight excluding hydrogens is 276 g/mol. The molecular formula is C14H24N2O3S. The van der Waals surface area contributed by atoms with Gasteiger partial charge in [-0.2, -0.15) is 0 Å². The SMILES string of the molecule is CNCCS(=O)(=O)N(C)C(C)Cc1ccccc1OC. The summed E-state index contributed by atoms with van der Waals surface area (Å²) in [4.78, 5) is 0. The molecule has 6 heteroatoms. The lowest BCUT2D eigenvalue weighted by Gasteiger charge is -2.25. The maximum absolute atomic E-state index is 12.1. The first-order valence-electron chi connectivity index (χ1n) is 6.64. The summed E-state index contributed by atoms with van der Waals surface area (Å²) in [7, 11) is 1.76. The van der Waals surface area contributed by atoms with Crippen LogP contribution in [0.1, 0.15) is 12.5 Å². The first-order chi connectivity index (χ1) is 9.42. The van der Waals surface area contributed by atoms with Gasteiger partial charge in [-0.1, -0.05) is 18.2 Å². The number of hydrogen-bond acceptors (Lipinski definition) is 4. The zero-order chi connectivity index (χ0) is 15.2. The molecule has 114 valence electrons. The third-order valence-corrected chi connectivity index (χ3v) is 5.33. The molecule has 0 fully saturated rings. The third kappa shape index (κ3) is 4.47. The smallest absolute Gasteiger partial charge is 0.215 e. The summed E-state index contributed by atoms with van der Waals surface area (Å²) in [6, 6.07) is 7.56. The summed E-state index contributed by atoms with van der Waals surface area (Å²) in [5, 5.41) is 2.86. The molecule has 0 radical (unpaired) electrons. The summed E-state index contributed by atoms with van der Waals surface area (Å²) < 4.78 is 31.0. The van der Waals surface area contributed by atoms with Gasteiger partial charge in [0.15, 0.2) is 0 Å². The number of nitrogens with one attached hydrogen (secondary N) is 1. The van der Waals surface area contributed by atoms with Gasteiger partial charge in [-0.15, -0.1) is 0 Å². The van der Waals surface area contributed by atoms with Crippen molar-refractivity contribution in [2.75, 3.05) is 33.5 Å². The van der Waals surface area contributed by atoms with E-state index >= 15 is 0 Å². The van der Waals surface area contributed by atoms with Crippen molar-refractivity contribution in [2.45, 2.75) is 19.4 Å². The fourth-order valence-corrected chi connectivity index (χ4v) is 3.34. The highest BCUT2D eigenvalue weighted by Gasteiger charge is 2.23. The fourth-order valence-electron chi connectivity index (χ4n) is 1.97. The highest BCUT2D eigenvalue weighted by Crippen LogP contribution is 2.21. The van der Waals surface area contributed by atoms with Crippen LogP contribution in [0.25, 0.3) is 0 Å². The second kappa shape index (κ2) is 7.61. The van der Waals surface area contributed by atoms with Crippen molar-refractivity contribution in [3.05, 3.63) is 29.8 Å². The molecule has 1 rings (SSSR count). The van der Waals surface area contributed by atoms with Crippen LogP contribution in [0.4, 0.5) is 0 Å². The van der Waals surface area contributed by atoms with Gasteiger partial charge in [0.05, 0.1) is 12.9 Å². The highest BCUT2D eigenvalue weighted by atomic mass is 32.2.